The fourth-order valence-electron chi connectivity index (χ4n) is 4.19. The molecule has 1 aliphatic heterocycles. The number of para-hydroxylation sites is 1. The maximum Gasteiger partial charge on any atom is 0.230 e. The minimum atomic E-state index is -0.381. The summed E-state index contributed by atoms with van der Waals surface area (Å²) < 4.78 is 7.15. The van der Waals surface area contributed by atoms with Crippen molar-refractivity contribution in [3.05, 3.63) is 65.7 Å². The van der Waals surface area contributed by atoms with Crippen molar-refractivity contribution in [3.63, 3.8) is 0 Å². The maximum atomic E-state index is 13.0. The molecule has 7 heteroatoms. The van der Waals surface area contributed by atoms with Crippen LogP contribution in [-0.4, -0.2) is 33.0 Å². The summed E-state index contributed by atoms with van der Waals surface area (Å²) in [5.41, 5.74) is 3.07. The first-order valence-electron chi connectivity index (χ1n) is 9.96. The first-order chi connectivity index (χ1) is 14.2. The van der Waals surface area contributed by atoms with Crippen molar-refractivity contribution < 1.29 is 14.0 Å². The van der Waals surface area contributed by atoms with Gasteiger partial charge in [-0.05, 0) is 43.5 Å². The van der Waals surface area contributed by atoms with Crippen LogP contribution in [0, 0.1) is 5.92 Å². The van der Waals surface area contributed by atoms with Crippen molar-refractivity contribution in [2.45, 2.75) is 32.2 Å². The topological polar surface area (TPSA) is 80.4 Å². The third-order valence-corrected chi connectivity index (χ3v) is 5.66. The molecule has 0 bridgehead atoms. The number of likely N-dealkylation sites (tertiary alicyclic amines) is 1. The molecule has 1 aliphatic carbocycles. The van der Waals surface area contributed by atoms with E-state index in [0.29, 0.717) is 13.1 Å². The highest BCUT2D eigenvalue weighted by molar-refractivity contribution is 5.97. The molecule has 2 aromatic heterocycles. The largest absolute Gasteiger partial charge is 0.467 e. The highest BCUT2D eigenvalue weighted by Crippen LogP contribution is 2.32. The van der Waals surface area contributed by atoms with E-state index in [1.807, 2.05) is 41.1 Å². The summed E-state index contributed by atoms with van der Waals surface area (Å²) in [5.74, 6) is 0.925. The van der Waals surface area contributed by atoms with Crippen LogP contribution in [0.2, 0.25) is 0 Å². The number of furan rings is 1. The highest BCUT2D eigenvalue weighted by Gasteiger charge is 2.36. The minimum absolute atomic E-state index is 0.0247. The number of fused-ring (bicyclic) bond motifs is 1. The highest BCUT2D eigenvalue weighted by atomic mass is 16.3. The Hall–Kier alpha value is -3.35. The standard InChI is InChI=1S/C22H22N4O3/c27-20-12-15(13-25(20)14-17-8-5-11-29-17)22(28)23-21-18-9-4-10-19(18)24-26(21)16-6-2-1-3-7-16/h1-3,5-8,11,15H,4,9-10,12-14H2,(H,23,28). The Bertz CT molecular complexity index is 1040. The van der Waals surface area contributed by atoms with E-state index < -0.39 is 0 Å². The lowest BCUT2D eigenvalue weighted by molar-refractivity contribution is -0.128. The molecule has 1 fully saturated rings. The fraction of sp³-hybridized carbons (Fsp3) is 0.318. The number of rotatable bonds is 5. The number of hydrogen-bond donors (Lipinski definition) is 1. The van der Waals surface area contributed by atoms with Gasteiger partial charge in [-0.25, -0.2) is 4.68 Å². The number of carbonyl (C=O) groups is 2. The second kappa shape index (κ2) is 7.24. The van der Waals surface area contributed by atoms with E-state index in [1.165, 1.54) is 0 Å². The van der Waals surface area contributed by atoms with Crippen LogP contribution < -0.4 is 5.32 Å². The van der Waals surface area contributed by atoms with Crippen molar-refractivity contribution >= 4 is 17.6 Å². The summed E-state index contributed by atoms with van der Waals surface area (Å²) in [4.78, 5) is 27.1. The minimum Gasteiger partial charge on any atom is -0.467 e. The molecule has 148 valence electrons. The third kappa shape index (κ3) is 3.33. The predicted octanol–water partition coefficient (Wildman–Crippen LogP) is 2.94. The molecule has 0 saturated carbocycles. The Morgan fingerprint density at radius 3 is 2.83 bits per heavy atom. The normalized spacial score (nSPS) is 18.3. The van der Waals surface area contributed by atoms with Crippen LogP contribution in [-0.2, 0) is 29.0 Å². The van der Waals surface area contributed by atoms with Crippen molar-refractivity contribution in [1.82, 2.24) is 14.7 Å². The molecule has 2 aliphatic rings. The molecular formula is C22H22N4O3. The molecule has 3 heterocycles. The molecule has 1 N–H and O–H groups in total. The molecular weight excluding hydrogens is 368 g/mol. The molecule has 0 spiro atoms. The monoisotopic (exact) mass is 390 g/mol. The van der Waals surface area contributed by atoms with Crippen molar-refractivity contribution in [2.24, 2.45) is 5.92 Å². The smallest absolute Gasteiger partial charge is 0.230 e. The predicted molar refractivity (Wildman–Crippen MR) is 106 cm³/mol. The SMILES string of the molecule is O=C(Nc1c2c(nn1-c1ccccc1)CCC2)C1CC(=O)N(Cc2ccco2)C1. The van der Waals surface area contributed by atoms with Crippen LogP contribution >= 0.6 is 0 Å². The number of hydrogen-bond acceptors (Lipinski definition) is 4. The van der Waals surface area contributed by atoms with Crippen LogP contribution in [0.1, 0.15) is 29.9 Å². The summed E-state index contributed by atoms with van der Waals surface area (Å²) in [6.45, 7) is 0.792. The molecule has 1 unspecified atom stereocenters. The van der Waals surface area contributed by atoms with Gasteiger partial charge in [0.1, 0.15) is 11.6 Å². The van der Waals surface area contributed by atoms with E-state index in [1.54, 1.807) is 17.2 Å². The van der Waals surface area contributed by atoms with E-state index in [4.69, 9.17) is 9.52 Å². The van der Waals surface area contributed by atoms with Gasteiger partial charge in [0.2, 0.25) is 11.8 Å². The van der Waals surface area contributed by atoms with Gasteiger partial charge < -0.3 is 14.6 Å². The van der Waals surface area contributed by atoms with Gasteiger partial charge in [-0.15, -0.1) is 0 Å². The van der Waals surface area contributed by atoms with E-state index in [9.17, 15) is 9.59 Å². The van der Waals surface area contributed by atoms with E-state index in [2.05, 4.69) is 5.32 Å². The van der Waals surface area contributed by atoms with E-state index in [0.717, 1.165) is 47.8 Å². The first-order valence-corrected chi connectivity index (χ1v) is 9.96. The van der Waals surface area contributed by atoms with Crippen molar-refractivity contribution in [1.29, 1.82) is 0 Å². The second-order valence-electron chi connectivity index (χ2n) is 7.62. The van der Waals surface area contributed by atoms with Gasteiger partial charge in [-0.3, -0.25) is 9.59 Å². The van der Waals surface area contributed by atoms with Crippen LogP contribution in [0.15, 0.2) is 53.1 Å². The average molecular weight is 390 g/mol. The number of nitrogens with zero attached hydrogens (tertiary/aromatic N) is 3. The average Bonchev–Trinajstić information content (AvgIpc) is 3.50. The second-order valence-corrected chi connectivity index (χ2v) is 7.62. The van der Waals surface area contributed by atoms with E-state index in [-0.39, 0.29) is 24.2 Å². The summed E-state index contributed by atoms with van der Waals surface area (Å²) in [5, 5.41) is 7.82. The number of amides is 2. The van der Waals surface area contributed by atoms with Gasteiger partial charge in [0, 0.05) is 18.5 Å². The zero-order valence-corrected chi connectivity index (χ0v) is 16.0. The van der Waals surface area contributed by atoms with Gasteiger partial charge in [0.15, 0.2) is 0 Å². The van der Waals surface area contributed by atoms with Gasteiger partial charge in [0.25, 0.3) is 0 Å². The Labute approximate surface area is 168 Å². The fourth-order valence-corrected chi connectivity index (χ4v) is 4.19. The van der Waals surface area contributed by atoms with Crippen LogP contribution in [0.4, 0.5) is 5.82 Å². The zero-order valence-electron chi connectivity index (χ0n) is 16.0. The summed E-state index contributed by atoms with van der Waals surface area (Å²) in [6, 6.07) is 13.4. The quantitative estimate of drug-likeness (QED) is 0.726. The number of anilines is 1. The number of nitrogens with one attached hydrogen (secondary N) is 1. The van der Waals surface area contributed by atoms with E-state index >= 15 is 0 Å². The lowest BCUT2D eigenvalue weighted by Crippen LogP contribution is -2.28. The summed E-state index contributed by atoms with van der Waals surface area (Å²) in [7, 11) is 0. The molecule has 2 amide bonds. The third-order valence-electron chi connectivity index (χ3n) is 5.66. The van der Waals surface area contributed by atoms with Crippen molar-refractivity contribution in [2.75, 3.05) is 11.9 Å². The number of aryl methyl sites for hydroxylation is 1. The number of benzene rings is 1. The van der Waals surface area contributed by atoms with Crippen LogP contribution in [0.25, 0.3) is 5.69 Å². The molecule has 1 aromatic carbocycles. The molecule has 1 saturated heterocycles. The number of aromatic nitrogens is 2. The summed E-state index contributed by atoms with van der Waals surface area (Å²) in [6.07, 6.45) is 4.69. The Morgan fingerprint density at radius 2 is 2.03 bits per heavy atom. The van der Waals surface area contributed by atoms with Gasteiger partial charge in [0.05, 0.1) is 30.1 Å². The number of carbonyl (C=O) groups excluding carboxylic acids is 2. The van der Waals surface area contributed by atoms with Crippen molar-refractivity contribution in [3.8, 4) is 5.69 Å². The molecule has 3 aromatic rings. The lowest BCUT2D eigenvalue weighted by Gasteiger charge is -2.16. The van der Waals surface area contributed by atoms with Gasteiger partial charge >= 0.3 is 0 Å². The Kier molecular flexibility index (Phi) is 4.42. The lowest BCUT2D eigenvalue weighted by atomic mass is 10.1. The Morgan fingerprint density at radius 1 is 1.17 bits per heavy atom. The molecule has 29 heavy (non-hydrogen) atoms. The Balaban J connectivity index is 1.35. The van der Waals surface area contributed by atoms with Crippen LogP contribution in [0.3, 0.4) is 0 Å². The van der Waals surface area contributed by atoms with Gasteiger partial charge in [-0.1, -0.05) is 18.2 Å². The molecule has 7 nitrogen and oxygen atoms in total. The first kappa shape index (κ1) is 17.7. The summed E-state index contributed by atoms with van der Waals surface area (Å²) >= 11 is 0. The molecule has 0 radical (unpaired) electrons. The molecule has 1 atom stereocenters. The molecule has 5 rings (SSSR count). The van der Waals surface area contributed by atoms with Crippen LogP contribution in [0.5, 0.6) is 0 Å². The van der Waals surface area contributed by atoms with Gasteiger partial charge in [-0.2, -0.15) is 5.10 Å². The maximum absolute atomic E-state index is 13.0. The zero-order chi connectivity index (χ0) is 19.8.